The smallest absolute Gasteiger partial charge is 0.0838 e. The summed E-state index contributed by atoms with van der Waals surface area (Å²) in [5, 5.41) is 12.1. The van der Waals surface area contributed by atoms with Crippen LogP contribution >= 0.6 is 33.9 Å². The van der Waals surface area contributed by atoms with Gasteiger partial charge >= 0.3 is 0 Å². The summed E-state index contributed by atoms with van der Waals surface area (Å²) in [6.07, 6.45) is 0.306. The standard InChI is InChI=1S/C13H13IOS/c1-9-4-2-3-5-10(9)6-12(15)11-7-13(14)16-8-11/h2-5,7-8,12,15H,6H2,1H3. The quantitative estimate of drug-likeness (QED) is 0.837. The topological polar surface area (TPSA) is 20.2 Å². The molecule has 0 saturated heterocycles. The van der Waals surface area contributed by atoms with Gasteiger partial charge in [-0.25, -0.2) is 0 Å². The molecular weight excluding hydrogens is 331 g/mol. The minimum absolute atomic E-state index is 0.388. The van der Waals surface area contributed by atoms with Crippen LogP contribution < -0.4 is 0 Å². The second-order valence-electron chi connectivity index (χ2n) is 3.83. The molecule has 1 unspecified atom stereocenters. The van der Waals surface area contributed by atoms with Gasteiger partial charge in [-0.05, 0) is 57.7 Å². The van der Waals surface area contributed by atoms with Crippen molar-refractivity contribution in [1.29, 1.82) is 0 Å². The molecular formula is C13H13IOS. The van der Waals surface area contributed by atoms with Crippen LogP contribution in [0, 0.1) is 9.81 Å². The summed E-state index contributed by atoms with van der Waals surface area (Å²) < 4.78 is 1.22. The lowest BCUT2D eigenvalue weighted by Gasteiger charge is -2.10. The Morgan fingerprint density at radius 3 is 2.75 bits per heavy atom. The Morgan fingerprint density at radius 2 is 2.12 bits per heavy atom. The van der Waals surface area contributed by atoms with E-state index in [4.69, 9.17) is 0 Å². The van der Waals surface area contributed by atoms with Crippen LogP contribution in [0.4, 0.5) is 0 Å². The molecule has 2 aromatic rings. The van der Waals surface area contributed by atoms with Gasteiger partial charge < -0.3 is 5.11 Å². The highest BCUT2D eigenvalue weighted by molar-refractivity contribution is 14.1. The zero-order valence-corrected chi connectivity index (χ0v) is 12.0. The first-order chi connectivity index (χ1) is 7.66. The molecule has 1 nitrogen and oxygen atoms in total. The number of aryl methyl sites for hydroxylation is 1. The molecule has 0 radical (unpaired) electrons. The maximum atomic E-state index is 10.1. The third-order valence-corrected chi connectivity index (χ3v) is 4.45. The van der Waals surface area contributed by atoms with E-state index in [9.17, 15) is 5.11 Å². The molecule has 0 bridgehead atoms. The number of hydrogen-bond acceptors (Lipinski definition) is 2. The molecule has 0 aliphatic heterocycles. The van der Waals surface area contributed by atoms with E-state index in [-0.39, 0.29) is 6.10 Å². The summed E-state index contributed by atoms with van der Waals surface area (Å²) in [7, 11) is 0. The molecule has 1 N–H and O–H groups in total. The van der Waals surface area contributed by atoms with Gasteiger partial charge in [0, 0.05) is 6.42 Å². The predicted molar refractivity (Wildman–Crippen MR) is 76.9 cm³/mol. The van der Waals surface area contributed by atoms with Gasteiger partial charge in [0.15, 0.2) is 0 Å². The first kappa shape index (κ1) is 12.1. The van der Waals surface area contributed by atoms with Gasteiger partial charge in [-0.15, -0.1) is 11.3 Å². The number of aliphatic hydroxyl groups excluding tert-OH is 1. The predicted octanol–water partition coefficient (Wildman–Crippen LogP) is 3.94. The fourth-order valence-electron chi connectivity index (χ4n) is 1.66. The Balaban J connectivity index is 2.13. The fraction of sp³-hybridized carbons (Fsp3) is 0.231. The normalized spacial score (nSPS) is 12.7. The molecule has 0 fully saturated rings. The monoisotopic (exact) mass is 344 g/mol. The van der Waals surface area contributed by atoms with Crippen LogP contribution in [0.3, 0.4) is 0 Å². The van der Waals surface area contributed by atoms with Crippen molar-refractivity contribution in [2.24, 2.45) is 0 Å². The number of halogens is 1. The lowest BCUT2D eigenvalue weighted by atomic mass is 10.00. The van der Waals surface area contributed by atoms with Crippen LogP contribution in [0.2, 0.25) is 0 Å². The highest BCUT2D eigenvalue weighted by Gasteiger charge is 2.11. The molecule has 0 aliphatic carbocycles. The Labute approximate surface area is 113 Å². The van der Waals surface area contributed by atoms with Gasteiger partial charge in [-0.2, -0.15) is 0 Å². The van der Waals surface area contributed by atoms with Crippen LogP contribution in [0.1, 0.15) is 22.8 Å². The Bertz CT molecular complexity index is 478. The number of rotatable bonds is 3. The summed E-state index contributed by atoms with van der Waals surface area (Å²) in [6.45, 7) is 2.08. The van der Waals surface area contributed by atoms with Crippen molar-refractivity contribution < 1.29 is 5.11 Å². The Hall–Kier alpha value is -0.390. The molecule has 84 valence electrons. The molecule has 0 saturated carbocycles. The second-order valence-corrected chi connectivity index (χ2v) is 6.64. The number of thiophene rings is 1. The fourth-order valence-corrected chi connectivity index (χ4v) is 3.08. The van der Waals surface area contributed by atoms with Crippen LogP contribution in [0.15, 0.2) is 35.7 Å². The lowest BCUT2D eigenvalue weighted by Crippen LogP contribution is -2.01. The van der Waals surface area contributed by atoms with Crippen LogP contribution in [0.5, 0.6) is 0 Å². The first-order valence-corrected chi connectivity index (χ1v) is 7.09. The number of hydrogen-bond donors (Lipinski definition) is 1. The maximum absolute atomic E-state index is 10.1. The minimum atomic E-state index is -0.388. The number of aliphatic hydroxyl groups is 1. The SMILES string of the molecule is Cc1ccccc1CC(O)c1csc(I)c1. The Kier molecular flexibility index (Phi) is 4.00. The van der Waals surface area contributed by atoms with Crippen molar-refractivity contribution in [2.75, 3.05) is 0 Å². The summed E-state index contributed by atoms with van der Waals surface area (Å²) in [5.41, 5.74) is 3.49. The van der Waals surface area contributed by atoms with E-state index >= 15 is 0 Å². The van der Waals surface area contributed by atoms with Crippen molar-refractivity contribution in [3.05, 3.63) is 55.3 Å². The Morgan fingerprint density at radius 1 is 1.38 bits per heavy atom. The molecule has 1 atom stereocenters. The minimum Gasteiger partial charge on any atom is -0.388 e. The molecule has 0 amide bonds. The first-order valence-electron chi connectivity index (χ1n) is 5.13. The zero-order valence-electron chi connectivity index (χ0n) is 8.98. The molecule has 1 heterocycles. The molecule has 16 heavy (non-hydrogen) atoms. The van der Waals surface area contributed by atoms with E-state index in [0.717, 1.165) is 5.56 Å². The maximum Gasteiger partial charge on any atom is 0.0838 e. The molecule has 0 spiro atoms. The van der Waals surface area contributed by atoms with E-state index in [1.165, 1.54) is 14.0 Å². The van der Waals surface area contributed by atoms with E-state index in [1.54, 1.807) is 11.3 Å². The highest BCUT2D eigenvalue weighted by Crippen LogP contribution is 2.25. The van der Waals surface area contributed by atoms with Gasteiger partial charge in [0.2, 0.25) is 0 Å². The largest absolute Gasteiger partial charge is 0.388 e. The summed E-state index contributed by atoms with van der Waals surface area (Å²) >= 11 is 3.95. The summed E-state index contributed by atoms with van der Waals surface area (Å²) in [5.74, 6) is 0. The number of benzene rings is 1. The van der Waals surface area contributed by atoms with Gasteiger partial charge in [0.1, 0.15) is 0 Å². The van der Waals surface area contributed by atoms with Crippen molar-refractivity contribution >= 4 is 33.9 Å². The molecule has 1 aromatic carbocycles. The molecule has 2 rings (SSSR count). The average Bonchev–Trinajstić information content (AvgIpc) is 2.68. The van der Waals surface area contributed by atoms with Crippen molar-refractivity contribution in [1.82, 2.24) is 0 Å². The van der Waals surface area contributed by atoms with Crippen LogP contribution in [-0.4, -0.2) is 5.11 Å². The van der Waals surface area contributed by atoms with Crippen LogP contribution in [-0.2, 0) is 6.42 Å². The molecule has 3 heteroatoms. The molecule has 1 aromatic heterocycles. The summed E-state index contributed by atoms with van der Waals surface area (Å²) in [4.78, 5) is 0. The van der Waals surface area contributed by atoms with Crippen molar-refractivity contribution in [3.63, 3.8) is 0 Å². The van der Waals surface area contributed by atoms with Gasteiger partial charge in [-0.3, -0.25) is 0 Å². The lowest BCUT2D eigenvalue weighted by molar-refractivity contribution is 0.178. The van der Waals surface area contributed by atoms with Crippen LogP contribution in [0.25, 0.3) is 0 Å². The highest BCUT2D eigenvalue weighted by atomic mass is 127. The van der Waals surface area contributed by atoms with E-state index in [0.29, 0.717) is 6.42 Å². The molecule has 0 aliphatic rings. The van der Waals surface area contributed by atoms with E-state index in [1.807, 2.05) is 23.6 Å². The average molecular weight is 344 g/mol. The third-order valence-electron chi connectivity index (χ3n) is 2.65. The van der Waals surface area contributed by atoms with E-state index < -0.39 is 0 Å². The van der Waals surface area contributed by atoms with Gasteiger partial charge in [0.05, 0.1) is 8.99 Å². The third kappa shape index (κ3) is 2.84. The zero-order chi connectivity index (χ0) is 11.5. The van der Waals surface area contributed by atoms with Gasteiger partial charge in [-0.1, -0.05) is 24.3 Å². The van der Waals surface area contributed by atoms with Crippen molar-refractivity contribution in [3.8, 4) is 0 Å². The second kappa shape index (κ2) is 5.29. The van der Waals surface area contributed by atoms with Gasteiger partial charge in [0.25, 0.3) is 0 Å². The van der Waals surface area contributed by atoms with Crippen molar-refractivity contribution in [2.45, 2.75) is 19.4 Å². The van der Waals surface area contributed by atoms with E-state index in [2.05, 4.69) is 41.6 Å². The summed E-state index contributed by atoms with van der Waals surface area (Å²) in [6, 6.07) is 10.3.